The smallest absolute Gasteiger partial charge is 0.276 e. The monoisotopic (exact) mass is 350 g/mol. The fourth-order valence-electron chi connectivity index (χ4n) is 2.91. The van der Waals surface area contributed by atoms with E-state index in [1.807, 2.05) is 13.0 Å². The Hall–Kier alpha value is -3.48. The number of hydrogen-bond acceptors (Lipinski definition) is 3. The Balaban J connectivity index is 1.58. The van der Waals surface area contributed by atoms with Crippen molar-refractivity contribution in [2.75, 3.05) is 5.32 Å². The fraction of sp³-hybridized carbons (Fsp3) is 0.105. The van der Waals surface area contributed by atoms with Gasteiger partial charge in [-0.15, -0.1) is 0 Å². The second kappa shape index (κ2) is 6.11. The topological polar surface area (TPSA) is 76.0 Å². The molecule has 4 rings (SSSR count). The molecule has 2 N–H and O–H groups in total. The zero-order chi connectivity index (χ0) is 18.3. The third-order valence-electron chi connectivity index (χ3n) is 4.24. The molecule has 1 aliphatic rings. The summed E-state index contributed by atoms with van der Waals surface area (Å²) in [5.74, 6) is -0.864. The summed E-state index contributed by atoms with van der Waals surface area (Å²) in [6.07, 6.45) is 0. The number of halogens is 1. The van der Waals surface area contributed by atoms with Gasteiger partial charge in [0.1, 0.15) is 5.82 Å². The first kappa shape index (κ1) is 16.0. The molecule has 0 aliphatic carbocycles. The third-order valence-corrected chi connectivity index (χ3v) is 4.24. The van der Waals surface area contributed by atoms with E-state index in [0.29, 0.717) is 23.5 Å². The number of anilines is 1. The highest BCUT2D eigenvalue weighted by atomic mass is 19.1. The molecule has 0 radical (unpaired) electrons. The second-order valence-electron chi connectivity index (χ2n) is 6.07. The summed E-state index contributed by atoms with van der Waals surface area (Å²) in [5, 5.41) is 9.79. The number of nitrogens with one attached hydrogen (secondary N) is 2. The first-order valence-corrected chi connectivity index (χ1v) is 8.06. The second-order valence-corrected chi connectivity index (χ2v) is 6.07. The van der Waals surface area contributed by atoms with Gasteiger partial charge in [0.2, 0.25) is 0 Å². The Morgan fingerprint density at radius 1 is 1.19 bits per heavy atom. The van der Waals surface area contributed by atoms with Gasteiger partial charge in [-0.05, 0) is 55.0 Å². The molecule has 1 aliphatic heterocycles. The molecular weight excluding hydrogens is 335 g/mol. The fourth-order valence-corrected chi connectivity index (χ4v) is 2.91. The summed E-state index contributed by atoms with van der Waals surface area (Å²) in [6, 6.07) is 12.7. The average molecular weight is 350 g/mol. The van der Waals surface area contributed by atoms with E-state index in [2.05, 4.69) is 15.7 Å². The molecule has 2 heterocycles. The highest BCUT2D eigenvalue weighted by Gasteiger charge is 2.20. The van der Waals surface area contributed by atoms with Gasteiger partial charge in [-0.2, -0.15) is 5.10 Å². The van der Waals surface area contributed by atoms with E-state index in [1.165, 1.54) is 12.1 Å². The van der Waals surface area contributed by atoms with Crippen molar-refractivity contribution in [1.82, 2.24) is 15.1 Å². The van der Waals surface area contributed by atoms with Crippen molar-refractivity contribution in [2.45, 2.75) is 13.5 Å². The molecule has 0 spiro atoms. The number of carbonyl (C=O) groups is 2. The van der Waals surface area contributed by atoms with Gasteiger partial charge in [0.05, 0.1) is 5.69 Å². The van der Waals surface area contributed by atoms with Crippen LogP contribution in [-0.4, -0.2) is 21.6 Å². The quantitative estimate of drug-likeness (QED) is 0.763. The number of carbonyl (C=O) groups excluding carboxylic acids is 2. The summed E-state index contributed by atoms with van der Waals surface area (Å²) in [5.41, 5.74) is 3.64. The maximum Gasteiger partial charge on any atom is 0.276 e. The largest absolute Gasteiger partial charge is 0.348 e. The van der Waals surface area contributed by atoms with E-state index in [9.17, 15) is 14.0 Å². The van der Waals surface area contributed by atoms with Crippen molar-refractivity contribution in [3.63, 3.8) is 0 Å². The number of aromatic nitrogens is 2. The lowest BCUT2D eigenvalue weighted by atomic mass is 10.1. The van der Waals surface area contributed by atoms with Crippen LogP contribution < -0.4 is 10.6 Å². The van der Waals surface area contributed by atoms with E-state index < -0.39 is 0 Å². The molecule has 0 atom stereocenters. The number of fused-ring (bicyclic) bond motifs is 1. The maximum atomic E-state index is 13.1. The van der Waals surface area contributed by atoms with Crippen LogP contribution in [0, 0.1) is 12.7 Å². The maximum absolute atomic E-state index is 13.1. The molecule has 0 unspecified atom stereocenters. The summed E-state index contributed by atoms with van der Waals surface area (Å²) in [6.45, 7) is 2.32. The first-order valence-electron chi connectivity index (χ1n) is 8.06. The average Bonchev–Trinajstić information content (AvgIpc) is 3.19. The molecule has 130 valence electrons. The van der Waals surface area contributed by atoms with Crippen LogP contribution in [0.15, 0.2) is 48.5 Å². The van der Waals surface area contributed by atoms with Crippen LogP contribution in [0.3, 0.4) is 0 Å². The zero-order valence-corrected chi connectivity index (χ0v) is 13.9. The predicted octanol–water partition coefficient (Wildman–Crippen LogP) is 2.82. The van der Waals surface area contributed by atoms with Gasteiger partial charge in [-0.25, -0.2) is 9.07 Å². The Morgan fingerprint density at radius 3 is 2.73 bits per heavy atom. The molecule has 3 aromatic rings. The first-order chi connectivity index (χ1) is 12.5. The minimum atomic E-state index is -0.382. The summed E-state index contributed by atoms with van der Waals surface area (Å²) in [7, 11) is 0. The number of nitrogens with zero attached hydrogens (tertiary/aromatic N) is 2. The van der Waals surface area contributed by atoms with E-state index in [1.54, 1.807) is 35.0 Å². The van der Waals surface area contributed by atoms with Crippen LogP contribution in [0.2, 0.25) is 0 Å². The molecule has 0 saturated carbocycles. The molecule has 26 heavy (non-hydrogen) atoms. The molecule has 0 bridgehead atoms. The van der Waals surface area contributed by atoms with Crippen LogP contribution in [-0.2, 0) is 6.54 Å². The normalized spacial score (nSPS) is 12.6. The highest BCUT2D eigenvalue weighted by Crippen LogP contribution is 2.21. The molecule has 0 fully saturated rings. The SMILES string of the molecule is Cc1cc(C(=O)Nc2ccc3c(c2)C(=O)NC3)nn1-c1ccc(F)cc1. The Bertz CT molecular complexity index is 1020. The third kappa shape index (κ3) is 2.83. The van der Waals surface area contributed by atoms with Gasteiger partial charge in [0, 0.05) is 23.5 Å². The Kier molecular flexibility index (Phi) is 3.76. The molecule has 2 aromatic carbocycles. The van der Waals surface area contributed by atoms with Gasteiger partial charge in [-0.3, -0.25) is 9.59 Å². The van der Waals surface area contributed by atoms with E-state index in [-0.39, 0.29) is 23.3 Å². The van der Waals surface area contributed by atoms with Crippen molar-refractivity contribution in [1.29, 1.82) is 0 Å². The van der Waals surface area contributed by atoms with Crippen molar-refractivity contribution >= 4 is 17.5 Å². The lowest BCUT2D eigenvalue weighted by Gasteiger charge is -2.05. The van der Waals surface area contributed by atoms with Gasteiger partial charge in [0.15, 0.2) is 5.69 Å². The Labute approximate surface area is 148 Å². The predicted molar refractivity (Wildman–Crippen MR) is 93.8 cm³/mol. The van der Waals surface area contributed by atoms with Crippen molar-refractivity contribution < 1.29 is 14.0 Å². The lowest BCUT2D eigenvalue weighted by Crippen LogP contribution is -2.14. The number of rotatable bonds is 3. The van der Waals surface area contributed by atoms with Crippen LogP contribution >= 0.6 is 0 Å². The Morgan fingerprint density at radius 2 is 1.96 bits per heavy atom. The number of benzene rings is 2. The number of hydrogen-bond donors (Lipinski definition) is 2. The van der Waals surface area contributed by atoms with Crippen LogP contribution in [0.5, 0.6) is 0 Å². The zero-order valence-electron chi connectivity index (χ0n) is 13.9. The molecule has 6 nitrogen and oxygen atoms in total. The van der Waals surface area contributed by atoms with Crippen LogP contribution in [0.1, 0.15) is 32.1 Å². The lowest BCUT2D eigenvalue weighted by molar-refractivity contribution is 0.0964. The van der Waals surface area contributed by atoms with Crippen LogP contribution in [0.25, 0.3) is 5.69 Å². The van der Waals surface area contributed by atoms with Gasteiger partial charge >= 0.3 is 0 Å². The molecule has 2 amide bonds. The molecule has 1 aromatic heterocycles. The molecule has 0 saturated heterocycles. The highest BCUT2D eigenvalue weighted by molar-refractivity contribution is 6.04. The van der Waals surface area contributed by atoms with Crippen molar-refractivity contribution in [2.24, 2.45) is 0 Å². The van der Waals surface area contributed by atoms with Gasteiger partial charge in [0.25, 0.3) is 11.8 Å². The summed E-state index contributed by atoms with van der Waals surface area (Å²) >= 11 is 0. The minimum absolute atomic E-state index is 0.146. The minimum Gasteiger partial charge on any atom is -0.348 e. The summed E-state index contributed by atoms with van der Waals surface area (Å²) < 4.78 is 14.7. The number of aryl methyl sites for hydroxylation is 1. The summed E-state index contributed by atoms with van der Waals surface area (Å²) in [4.78, 5) is 24.2. The van der Waals surface area contributed by atoms with E-state index in [0.717, 1.165) is 11.3 Å². The number of amides is 2. The van der Waals surface area contributed by atoms with Crippen LogP contribution in [0.4, 0.5) is 10.1 Å². The van der Waals surface area contributed by atoms with Crippen molar-refractivity contribution in [3.8, 4) is 5.69 Å². The van der Waals surface area contributed by atoms with E-state index >= 15 is 0 Å². The van der Waals surface area contributed by atoms with Crippen molar-refractivity contribution in [3.05, 3.63) is 76.9 Å². The standard InChI is InChI=1S/C19H15FN4O2/c1-11-8-17(23-24(11)15-6-3-13(20)4-7-15)19(26)22-14-5-2-12-10-21-18(25)16(12)9-14/h2-9H,10H2,1H3,(H,21,25)(H,22,26). The van der Waals surface area contributed by atoms with Gasteiger partial charge in [-0.1, -0.05) is 6.07 Å². The molecular formula is C19H15FN4O2. The molecule has 7 heteroatoms. The van der Waals surface area contributed by atoms with Gasteiger partial charge < -0.3 is 10.6 Å². The van der Waals surface area contributed by atoms with E-state index in [4.69, 9.17) is 0 Å².